The third-order valence-electron chi connectivity index (χ3n) is 3.10. The fourth-order valence-electron chi connectivity index (χ4n) is 1.80. The molecule has 1 aromatic carbocycles. The Labute approximate surface area is 114 Å². The molecule has 0 spiro atoms. The first-order chi connectivity index (χ1) is 9.45. The van der Waals surface area contributed by atoms with Gasteiger partial charge in [-0.05, 0) is 18.6 Å². The van der Waals surface area contributed by atoms with Gasteiger partial charge in [0.2, 0.25) is 0 Å². The van der Waals surface area contributed by atoms with Gasteiger partial charge in [-0.2, -0.15) is 5.26 Å². The van der Waals surface area contributed by atoms with Crippen molar-refractivity contribution in [3.05, 3.63) is 23.3 Å². The lowest BCUT2D eigenvalue weighted by Crippen LogP contribution is -2.42. The molecule has 104 valence electrons. The normalized spacial score (nSPS) is 15.1. The number of nitrogens with two attached hydrogens (primary N) is 1. The molecule has 1 amide bonds. The molecule has 0 saturated carbocycles. The number of aromatic hydroxyl groups is 2. The number of phenolic OH excluding ortho intramolecular Hbond substituents is 2. The van der Waals surface area contributed by atoms with Crippen LogP contribution in [0.2, 0.25) is 0 Å². The van der Waals surface area contributed by atoms with Crippen molar-refractivity contribution in [3.63, 3.8) is 0 Å². The van der Waals surface area contributed by atoms with Crippen LogP contribution in [-0.4, -0.2) is 39.2 Å². The molecule has 0 aromatic heterocycles. The number of nitrogen functional groups attached to an aromatic ring is 1. The Balaban J connectivity index is 2.46. The number of nitrogens with zero attached hydrogens (tertiary/aromatic N) is 2. The third kappa shape index (κ3) is 2.19. The molecule has 5 N–H and O–H groups in total. The van der Waals surface area contributed by atoms with E-state index in [4.69, 9.17) is 11.0 Å². The minimum Gasteiger partial charge on any atom is -0.506 e. The van der Waals surface area contributed by atoms with Crippen LogP contribution in [-0.2, 0) is 4.79 Å². The summed E-state index contributed by atoms with van der Waals surface area (Å²) < 4.78 is 0. The van der Waals surface area contributed by atoms with E-state index in [9.17, 15) is 20.1 Å². The highest BCUT2D eigenvalue weighted by Crippen LogP contribution is 2.35. The van der Waals surface area contributed by atoms with E-state index in [0.717, 1.165) is 12.5 Å². The molecular formula is C13H13N3O4. The highest BCUT2D eigenvalue weighted by molar-refractivity contribution is 6.04. The number of rotatable bonds is 2. The largest absolute Gasteiger partial charge is 0.506 e. The summed E-state index contributed by atoms with van der Waals surface area (Å²) >= 11 is 0. The average molecular weight is 275 g/mol. The quantitative estimate of drug-likeness (QED) is 0.207. The van der Waals surface area contributed by atoms with Crippen molar-refractivity contribution in [2.45, 2.75) is 6.42 Å². The van der Waals surface area contributed by atoms with Crippen LogP contribution in [0.25, 0.3) is 5.76 Å². The molecule has 1 aliphatic rings. The highest BCUT2D eigenvalue weighted by Gasteiger charge is 2.27. The highest BCUT2D eigenvalue weighted by atomic mass is 16.3. The van der Waals surface area contributed by atoms with E-state index in [1.165, 1.54) is 11.0 Å². The maximum Gasteiger partial charge on any atom is 0.268 e. The van der Waals surface area contributed by atoms with Crippen molar-refractivity contribution >= 4 is 17.4 Å². The summed E-state index contributed by atoms with van der Waals surface area (Å²) in [6.45, 7) is 1.08. The van der Waals surface area contributed by atoms with Crippen LogP contribution >= 0.6 is 0 Å². The Hall–Kier alpha value is -2.88. The number of phenols is 2. The van der Waals surface area contributed by atoms with Gasteiger partial charge < -0.3 is 26.0 Å². The van der Waals surface area contributed by atoms with Gasteiger partial charge in [0.1, 0.15) is 11.8 Å². The molecule has 1 saturated heterocycles. The van der Waals surface area contributed by atoms with E-state index in [0.29, 0.717) is 13.1 Å². The number of carbonyl (C=O) groups excluding carboxylic acids is 1. The number of benzene rings is 1. The third-order valence-corrected chi connectivity index (χ3v) is 3.10. The Morgan fingerprint density at radius 3 is 2.45 bits per heavy atom. The summed E-state index contributed by atoms with van der Waals surface area (Å²) in [5, 5.41) is 37.8. The number of aliphatic hydroxyl groups is 1. The molecule has 0 radical (unpaired) electrons. The first kappa shape index (κ1) is 13.5. The maximum absolute atomic E-state index is 12.0. The van der Waals surface area contributed by atoms with Crippen molar-refractivity contribution in [1.29, 1.82) is 5.26 Å². The fourth-order valence-corrected chi connectivity index (χ4v) is 1.80. The molecule has 1 aromatic rings. The minimum absolute atomic E-state index is 0.0109. The van der Waals surface area contributed by atoms with Crippen LogP contribution in [0.5, 0.6) is 11.5 Å². The van der Waals surface area contributed by atoms with Crippen molar-refractivity contribution < 1.29 is 20.1 Å². The lowest BCUT2D eigenvalue weighted by atomic mass is 10.0. The van der Waals surface area contributed by atoms with Gasteiger partial charge >= 0.3 is 0 Å². The smallest absolute Gasteiger partial charge is 0.268 e. The van der Waals surface area contributed by atoms with E-state index < -0.39 is 28.7 Å². The van der Waals surface area contributed by atoms with Crippen molar-refractivity contribution in [2.75, 3.05) is 18.8 Å². The zero-order valence-corrected chi connectivity index (χ0v) is 10.5. The van der Waals surface area contributed by atoms with Gasteiger partial charge in [0.05, 0.1) is 5.69 Å². The Morgan fingerprint density at radius 1 is 1.35 bits per heavy atom. The molecule has 0 unspecified atom stereocenters. The molecule has 0 bridgehead atoms. The molecule has 1 fully saturated rings. The summed E-state index contributed by atoms with van der Waals surface area (Å²) in [5.41, 5.74) is 4.85. The number of anilines is 1. The van der Waals surface area contributed by atoms with Gasteiger partial charge in [0, 0.05) is 18.7 Å². The average Bonchev–Trinajstić information content (AvgIpc) is 2.33. The predicted molar refractivity (Wildman–Crippen MR) is 70.5 cm³/mol. The number of amides is 1. The van der Waals surface area contributed by atoms with E-state index in [1.807, 2.05) is 0 Å². The van der Waals surface area contributed by atoms with Crippen molar-refractivity contribution in [3.8, 4) is 17.6 Å². The summed E-state index contributed by atoms with van der Waals surface area (Å²) in [6.07, 6.45) is 0.859. The van der Waals surface area contributed by atoms with Crippen LogP contribution in [0.15, 0.2) is 17.7 Å². The second-order valence-electron chi connectivity index (χ2n) is 4.41. The van der Waals surface area contributed by atoms with E-state index >= 15 is 0 Å². The molecule has 20 heavy (non-hydrogen) atoms. The van der Waals surface area contributed by atoms with Crippen LogP contribution in [0.1, 0.15) is 12.0 Å². The van der Waals surface area contributed by atoms with E-state index in [1.54, 1.807) is 6.07 Å². The molecule has 1 heterocycles. The van der Waals surface area contributed by atoms with Gasteiger partial charge in [0.15, 0.2) is 17.1 Å². The SMILES string of the molecule is N#C/C(C(=O)N1CCC1)=C(/O)c1cc(N)c(O)c(O)c1. The number of hydrogen-bond donors (Lipinski definition) is 4. The van der Waals surface area contributed by atoms with Gasteiger partial charge in [-0.25, -0.2) is 0 Å². The van der Waals surface area contributed by atoms with Gasteiger partial charge in [-0.3, -0.25) is 4.79 Å². The number of nitriles is 1. The Kier molecular flexibility index (Phi) is 3.39. The molecule has 0 atom stereocenters. The lowest BCUT2D eigenvalue weighted by Gasteiger charge is -2.30. The van der Waals surface area contributed by atoms with E-state index in [2.05, 4.69) is 0 Å². The zero-order chi connectivity index (χ0) is 14.9. The number of carbonyl (C=O) groups is 1. The van der Waals surface area contributed by atoms with Crippen molar-refractivity contribution in [1.82, 2.24) is 4.90 Å². The molecule has 0 aliphatic carbocycles. The summed E-state index contributed by atoms with van der Waals surface area (Å²) in [4.78, 5) is 13.4. The number of aliphatic hydroxyl groups excluding tert-OH is 1. The molecule has 2 rings (SSSR count). The Bertz CT molecular complexity index is 619. The van der Waals surface area contributed by atoms with Crippen LogP contribution in [0.3, 0.4) is 0 Å². The summed E-state index contributed by atoms with van der Waals surface area (Å²) in [6, 6.07) is 3.86. The first-order valence-electron chi connectivity index (χ1n) is 5.90. The lowest BCUT2D eigenvalue weighted by molar-refractivity contribution is -0.129. The predicted octanol–water partition coefficient (Wildman–Crippen LogP) is 0.705. The minimum atomic E-state index is -0.577. The van der Waals surface area contributed by atoms with Crippen molar-refractivity contribution in [2.24, 2.45) is 0 Å². The van der Waals surface area contributed by atoms with Gasteiger partial charge in [0.25, 0.3) is 5.91 Å². The monoisotopic (exact) mass is 275 g/mol. The Morgan fingerprint density at radius 2 is 2.00 bits per heavy atom. The second kappa shape index (κ2) is 5.01. The second-order valence-corrected chi connectivity index (χ2v) is 4.41. The zero-order valence-electron chi connectivity index (χ0n) is 10.5. The fraction of sp³-hybridized carbons (Fsp3) is 0.231. The van der Waals surface area contributed by atoms with Gasteiger partial charge in [-0.15, -0.1) is 0 Å². The molecule has 1 aliphatic heterocycles. The van der Waals surface area contributed by atoms with E-state index in [-0.39, 0.29) is 11.3 Å². The number of likely N-dealkylation sites (tertiary alicyclic amines) is 1. The van der Waals surface area contributed by atoms with Gasteiger partial charge in [-0.1, -0.05) is 0 Å². The standard InChI is InChI=1S/C13H13N3O4/c14-6-8(13(20)16-2-1-3-16)11(18)7-4-9(15)12(19)10(17)5-7/h4-5,17-19H,1-3,15H2/b11-8-. The first-order valence-corrected chi connectivity index (χ1v) is 5.90. The molecule has 7 nitrogen and oxygen atoms in total. The molecule has 7 heteroatoms. The van der Waals surface area contributed by atoms with Crippen LogP contribution in [0.4, 0.5) is 5.69 Å². The topological polar surface area (TPSA) is 131 Å². The van der Waals surface area contributed by atoms with Crippen LogP contribution in [0, 0.1) is 11.3 Å². The maximum atomic E-state index is 12.0. The van der Waals surface area contributed by atoms with Crippen LogP contribution < -0.4 is 5.73 Å². The number of hydrogen-bond acceptors (Lipinski definition) is 6. The molecular weight excluding hydrogens is 262 g/mol. The summed E-state index contributed by atoms with van der Waals surface area (Å²) in [5.74, 6) is -2.21. The summed E-state index contributed by atoms with van der Waals surface area (Å²) in [7, 11) is 0.